The third-order valence-electron chi connectivity index (χ3n) is 21.2. The highest BCUT2D eigenvalue weighted by Crippen LogP contribution is 2.49. The van der Waals surface area contributed by atoms with Crippen molar-refractivity contribution in [1.29, 1.82) is 0 Å². The molecule has 0 bridgehead atoms. The number of hydrogen-bond acceptors (Lipinski definition) is 14. The predicted octanol–water partition coefficient (Wildman–Crippen LogP) is 9.49. The van der Waals surface area contributed by atoms with Gasteiger partial charge in [0.05, 0.1) is 26.4 Å². The quantitative estimate of drug-likeness (QED) is 0.0570. The average Bonchev–Trinajstić information content (AvgIpc) is 1.14. The van der Waals surface area contributed by atoms with E-state index in [2.05, 4.69) is 19.6 Å². The summed E-state index contributed by atoms with van der Waals surface area (Å²) in [6, 6.07) is 30.5. The highest BCUT2D eigenvalue weighted by molar-refractivity contribution is 6.43. The van der Waals surface area contributed by atoms with Crippen molar-refractivity contribution in [3.63, 3.8) is 0 Å². The molecule has 0 aliphatic carbocycles. The van der Waals surface area contributed by atoms with Gasteiger partial charge >= 0.3 is 0 Å². The van der Waals surface area contributed by atoms with Crippen molar-refractivity contribution in [1.82, 2.24) is 39.2 Å². The molecule has 0 radical (unpaired) electrons. The first-order valence-electron chi connectivity index (χ1n) is 32.9. The normalized spacial score (nSPS) is 19.3. The molecule has 0 N–H and O–H groups in total. The van der Waals surface area contributed by atoms with Crippen LogP contribution in [0.4, 0.5) is 0 Å². The summed E-state index contributed by atoms with van der Waals surface area (Å²) in [7, 11) is 0. The first kappa shape index (κ1) is 57.1. The number of likely N-dealkylation sites (tertiary alicyclic amines) is 2. The number of hydrogen-bond donors (Lipinski definition) is 0. The van der Waals surface area contributed by atoms with Crippen LogP contribution in [-0.4, -0.2) is 218 Å². The highest BCUT2D eigenvalue weighted by Gasteiger charge is 2.40. The maximum atomic E-state index is 13.8. The van der Waals surface area contributed by atoms with Gasteiger partial charge in [-0.1, -0.05) is 48.5 Å². The Labute approximate surface area is 529 Å². The maximum Gasteiger partial charge on any atom is 0.261 e. The molecule has 0 saturated carbocycles. The van der Waals surface area contributed by atoms with E-state index in [1.165, 1.54) is 19.6 Å². The van der Waals surface area contributed by atoms with Crippen molar-refractivity contribution in [3.8, 4) is 0 Å². The molecule has 92 heavy (non-hydrogen) atoms. The molecule has 8 heterocycles. The third kappa shape index (κ3) is 8.81. The number of benzene rings is 10. The van der Waals surface area contributed by atoms with E-state index in [0.29, 0.717) is 145 Å². The molecule has 10 aromatic carbocycles. The van der Waals surface area contributed by atoms with Gasteiger partial charge in [0, 0.05) is 145 Å². The van der Waals surface area contributed by atoms with Gasteiger partial charge in [-0.25, -0.2) is 0 Å². The highest BCUT2D eigenvalue weighted by atomic mass is 16.5. The second-order valence-corrected chi connectivity index (χ2v) is 26.0. The van der Waals surface area contributed by atoms with Crippen LogP contribution in [0.1, 0.15) is 121 Å². The molecule has 0 aromatic heterocycles. The number of rotatable bonds is 14. The number of nitrogens with zero attached hydrogens (tertiary/aromatic N) is 8. The number of ether oxygens (including phenoxy) is 2. The van der Waals surface area contributed by atoms with Gasteiger partial charge in [0.1, 0.15) is 0 Å². The van der Waals surface area contributed by atoms with Gasteiger partial charge in [0.25, 0.3) is 47.3 Å². The molecule has 8 aliphatic rings. The fraction of sp³-hybridized carbons (Fsp3) is 0.351. The van der Waals surface area contributed by atoms with Gasteiger partial charge in [-0.3, -0.25) is 67.8 Å². The summed E-state index contributed by atoms with van der Waals surface area (Å²) in [5.41, 5.74) is 4.33. The zero-order valence-corrected chi connectivity index (χ0v) is 51.3. The first-order valence-corrected chi connectivity index (χ1v) is 32.9. The molecule has 4 saturated heterocycles. The Balaban J connectivity index is 0.000000141. The van der Waals surface area contributed by atoms with Crippen LogP contribution in [0.3, 0.4) is 0 Å². The molecule has 0 atom stereocenters. The van der Waals surface area contributed by atoms with Crippen molar-refractivity contribution < 1.29 is 47.8 Å². The van der Waals surface area contributed by atoms with Gasteiger partial charge in [-0.2, -0.15) is 0 Å². The monoisotopic (exact) mass is 1230 g/mol. The number of morpholine rings is 2. The van der Waals surface area contributed by atoms with Crippen molar-refractivity contribution >= 4 is 133 Å². The molecule has 8 aliphatic heterocycles. The Hall–Kier alpha value is -8.88. The molecule has 10 aromatic rings. The summed E-state index contributed by atoms with van der Waals surface area (Å²) in [5, 5.41) is 13.5. The van der Waals surface area contributed by atoms with E-state index in [4.69, 9.17) is 9.47 Å². The zero-order valence-electron chi connectivity index (χ0n) is 51.3. The van der Waals surface area contributed by atoms with Crippen molar-refractivity contribution in [2.24, 2.45) is 0 Å². The minimum Gasteiger partial charge on any atom is -0.379 e. The molecule has 18 heteroatoms. The van der Waals surface area contributed by atoms with E-state index in [9.17, 15) is 38.4 Å². The Morgan fingerprint density at radius 2 is 0.435 bits per heavy atom. The van der Waals surface area contributed by atoms with Gasteiger partial charge in [-0.05, 0) is 178 Å². The van der Waals surface area contributed by atoms with Gasteiger partial charge in [-0.15, -0.1) is 0 Å². The summed E-state index contributed by atoms with van der Waals surface area (Å²) in [5.74, 6) is -2.03. The lowest BCUT2D eigenvalue weighted by Gasteiger charge is -2.31. The van der Waals surface area contributed by atoms with E-state index in [1.807, 2.05) is 97.1 Å². The Bertz CT molecular complexity index is 4320. The van der Waals surface area contributed by atoms with Crippen molar-refractivity contribution in [2.45, 2.75) is 38.5 Å². The van der Waals surface area contributed by atoms with E-state index in [-0.39, 0.29) is 47.3 Å². The van der Waals surface area contributed by atoms with E-state index >= 15 is 0 Å². The molecule has 18 nitrogen and oxygen atoms in total. The number of imide groups is 4. The van der Waals surface area contributed by atoms with Crippen molar-refractivity contribution in [3.05, 3.63) is 142 Å². The fourth-order valence-electron chi connectivity index (χ4n) is 16.6. The Kier molecular flexibility index (Phi) is 13.9. The second-order valence-electron chi connectivity index (χ2n) is 26.0. The Morgan fingerprint density at radius 1 is 0.228 bits per heavy atom. The summed E-state index contributed by atoms with van der Waals surface area (Å²) < 4.78 is 10.9. The summed E-state index contributed by atoms with van der Waals surface area (Å²) in [6.45, 7) is 14.8. The topological polar surface area (TPSA) is 181 Å². The maximum absolute atomic E-state index is 13.8. The smallest absolute Gasteiger partial charge is 0.261 e. The van der Waals surface area contributed by atoms with Crippen LogP contribution in [-0.2, 0) is 9.47 Å². The zero-order chi connectivity index (χ0) is 62.2. The second kappa shape index (κ2) is 22.5. The lowest BCUT2D eigenvalue weighted by atomic mass is 9.82. The van der Waals surface area contributed by atoms with Crippen LogP contribution in [0.2, 0.25) is 0 Å². The molecular weight excluding hydrogens is 1160 g/mol. The largest absolute Gasteiger partial charge is 0.379 e. The molecule has 0 spiro atoms. The third-order valence-corrected chi connectivity index (χ3v) is 21.2. The van der Waals surface area contributed by atoms with E-state index < -0.39 is 0 Å². The number of carbonyl (C=O) groups is 8. The van der Waals surface area contributed by atoms with Crippen molar-refractivity contribution in [2.75, 3.05) is 131 Å². The van der Waals surface area contributed by atoms with Gasteiger partial charge in [0.15, 0.2) is 0 Å². The lowest BCUT2D eigenvalue weighted by Crippen LogP contribution is -2.44. The average molecular weight is 1230 g/mol. The summed E-state index contributed by atoms with van der Waals surface area (Å²) in [4.78, 5) is 125. The standard InChI is InChI=1S/C38H36N4O6.C36H32N4O4/c43-35-27-7-3-23-25-5-9-29-34-30(38(46)42(37(29)45)14-2-12-40-17-21-48-22-18-40)10-6-26(32(25)34)24-4-8-28(33(27)31(23)24)36(44)41(35)13-1-11-39-15-19-47-20-16-39;41-33-25-9-5-21-23-7-11-27-32-28(36(44)40(35(27)43)20-18-38-15-3-4-16-38)12-8-24(30(23)32)22-6-10-26(31(25)29(21)22)34(42)39(33)19-17-37-13-1-2-14-37/h3-10H,1-2,11-22H2;5-12H,1-4,13-20H2. The first-order chi connectivity index (χ1) is 45.0. The van der Waals surface area contributed by atoms with E-state index in [0.717, 1.165) is 156 Å². The van der Waals surface area contributed by atoms with Crippen LogP contribution in [0.25, 0.3) is 86.2 Å². The number of amides is 8. The molecule has 4 fully saturated rings. The molecule has 8 amide bonds. The summed E-state index contributed by atoms with van der Waals surface area (Å²) >= 11 is 0. The fourth-order valence-corrected chi connectivity index (χ4v) is 16.6. The van der Waals surface area contributed by atoms with Crippen LogP contribution >= 0.6 is 0 Å². The minimum atomic E-state index is -0.265. The van der Waals surface area contributed by atoms with Gasteiger partial charge < -0.3 is 19.3 Å². The lowest BCUT2D eigenvalue weighted by molar-refractivity contribution is 0.0352. The van der Waals surface area contributed by atoms with Crippen LogP contribution < -0.4 is 0 Å². The predicted molar refractivity (Wildman–Crippen MR) is 352 cm³/mol. The molecule has 0 unspecified atom stereocenters. The van der Waals surface area contributed by atoms with Crippen LogP contribution in [0.15, 0.2) is 97.1 Å². The minimum absolute atomic E-state index is 0.244. The summed E-state index contributed by atoms with van der Waals surface area (Å²) in [6.07, 6.45) is 6.04. The molecule has 18 rings (SSSR count). The Morgan fingerprint density at radius 3 is 0.663 bits per heavy atom. The number of carbonyl (C=O) groups excluding carboxylic acids is 8. The number of fused-ring (bicyclic) bond motifs is 4. The molecule has 464 valence electrons. The van der Waals surface area contributed by atoms with Gasteiger partial charge in [0.2, 0.25) is 0 Å². The molecular formula is C74H68N8O10. The van der Waals surface area contributed by atoms with Crippen LogP contribution in [0, 0.1) is 0 Å². The van der Waals surface area contributed by atoms with E-state index in [1.54, 1.807) is 0 Å². The van der Waals surface area contributed by atoms with Crippen LogP contribution in [0.5, 0.6) is 0 Å². The SMILES string of the molecule is O=C1c2ccc3c4ccc5c6c(ccc(c7ccc(c2c37)C(=O)N1CCCN1CCOCC1)c64)C(=O)N(CCCN1CCOCC1)C5=O.O=C1c2ccc3c4ccc5c6c(ccc(c7ccc(c2c37)C(=O)N1CCN1CCCC1)c64)C(=O)N(CCN1CCCC1)C5=O.